The Bertz CT molecular complexity index is 298. The topological polar surface area (TPSA) is 114 Å². The Morgan fingerprint density at radius 1 is 1.25 bits per heavy atom. The third-order valence-corrected chi connectivity index (χ3v) is 2.37. The standard InChI is InChI=1S/C12H22N2O6/c1-2-19-7-8-20-6-5-13-11(16)4-3-10(12(17)18)14-9-15/h9-10H,2-8H2,1H3,(H,13,16)(H,14,15)(H,17,18). The third-order valence-electron chi connectivity index (χ3n) is 2.37. The number of carboxylic acids is 1. The maximum Gasteiger partial charge on any atom is 0.326 e. The molecule has 116 valence electrons. The number of carbonyl (C=O) groups excluding carboxylic acids is 2. The first kappa shape index (κ1) is 18.3. The Hall–Kier alpha value is -1.67. The molecule has 0 aromatic heterocycles. The van der Waals surface area contributed by atoms with Gasteiger partial charge in [-0.1, -0.05) is 0 Å². The molecule has 0 heterocycles. The summed E-state index contributed by atoms with van der Waals surface area (Å²) in [5, 5.41) is 13.5. The van der Waals surface area contributed by atoms with E-state index in [2.05, 4.69) is 10.6 Å². The average molecular weight is 290 g/mol. The molecule has 3 N–H and O–H groups in total. The van der Waals surface area contributed by atoms with E-state index in [1.54, 1.807) is 0 Å². The molecule has 20 heavy (non-hydrogen) atoms. The summed E-state index contributed by atoms with van der Waals surface area (Å²) in [5.74, 6) is -1.44. The summed E-state index contributed by atoms with van der Waals surface area (Å²) < 4.78 is 10.3. The number of ether oxygens (including phenoxy) is 2. The van der Waals surface area contributed by atoms with Gasteiger partial charge in [0.2, 0.25) is 12.3 Å². The lowest BCUT2D eigenvalue weighted by Crippen LogP contribution is -2.37. The van der Waals surface area contributed by atoms with Crippen molar-refractivity contribution in [3.63, 3.8) is 0 Å². The van der Waals surface area contributed by atoms with Crippen LogP contribution in [0.5, 0.6) is 0 Å². The molecule has 0 aliphatic rings. The molecule has 0 spiro atoms. The lowest BCUT2D eigenvalue weighted by Gasteiger charge is -2.11. The minimum Gasteiger partial charge on any atom is -0.480 e. The van der Waals surface area contributed by atoms with E-state index < -0.39 is 12.0 Å². The third kappa shape index (κ3) is 10.3. The van der Waals surface area contributed by atoms with Gasteiger partial charge in [-0.2, -0.15) is 0 Å². The molecule has 0 fully saturated rings. The highest BCUT2D eigenvalue weighted by molar-refractivity contribution is 5.79. The van der Waals surface area contributed by atoms with Crippen LogP contribution in [0.3, 0.4) is 0 Å². The van der Waals surface area contributed by atoms with Gasteiger partial charge in [-0.3, -0.25) is 9.59 Å². The van der Waals surface area contributed by atoms with Crippen LogP contribution in [0.4, 0.5) is 0 Å². The molecule has 0 bridgehead atoms. The summed E-state index contributed by atoms with van der Waals surface area (Å²) in [5.41, 5.74) is 0. The quantitative estimate of drug-likeness (QED) is 0.300. The summed E-state index contributed by atoms with van der Waals surface area (Å²) in [6.45, 7) is 4.23. The van der Waals surface area contributed by atoms with E-state index in [0.29, 0.717) is 39.4 Å². The van der Waals surface area contributed by atoms with Gasteiger partial charge in [0, 0.05) is 19.6 Å². The molecule has 2 amide bonds. The van der Waals surface area contributed by atoms with Crippen LogP contribution >= 0.6 is 0 Å². The molecule has 1 atom stereocenters. The maximum atomic E-state index is 11.4. The van der Waals surface area contributed by atoms with Crippen molar-refractivity contribution < 1.29 is 29.0 Å². The summed E-state index contributed by atoms with van der Waals surface area (Å²) >= 11 is 0. The first-order chi connectivity index (χ1) is 9.61. The second-order valence-corrected chi connectivity index (χ2v) is 3.87. The van der Waals surface area contributed by atoms with Gasteiger partial charge in [0.15, 0.2) is 0 Å². The zero-order valence-corrected chi connectivity index (χ0v) is 11.6. The van der Waals surface area contributed by atoms with Crippen LogP contribution in [0.2, 0.25) is 0 Å². The summed E-state index contributed by atoms with van der Waals surface area (Å²) in [4.78, 5) is 32.3. The molecule has 1 unspecified atom stereocenters. The highest BCUT2D eigenvalue weighted by atomic mass is 16.5. The first-order valence-electron chi connectivity index (χ1n) is 6.46. The molecule has 0 rings (SSSR count). The van der Waals surface area contributed by atoms with Gasteiger partial charge in [-0.25, -0.2) is 4.79 Å². The lowest BCUT2D eigenvalue weighted by atomic mass is 10.1. The van der Waals surface area contributed by atoms with Gasteiger partial charge >= 0.3 is 5.97 Å². The minimum atomic E-state index is -1.16. The van der Waals surface area contributed by atoms with Gasteiger partial charge in [-0.05, 0) is 13.3 Å². The maximum absolute atomic E-state index is 11.4. The Balaban J connectivity index is 3.57. The van der Waals surface area contributed by atoms with Gasteiger partial charge in [-0.15, -0.1) is 0 Å². The highest BCUT2D eigenvalue weighted by Crippen LogP contribution is 1.97. The van der Waals surface area contributed by atoms with Crippen LogP contribution in [0, 0.1) is 0 Å². The van der Waals surface area contributed by atoms with Crippen LogP contribution in [0.15, 0.2) is 0 Å². The number of hydrogen-bond donors (Lipinski definition) is 3. The van der Waals surface area contributed by atoms with Crippen molar-refractivity contribution >= 4 is 18.3 Å². The molecular weight excluding hydrogens is 268 g/mol. The van der Waals surface area contributed by atoms with E-state index in [1.807, 2.05) is 6.92 Å². The minimum absolute atomic E-state index is 0.0246. The van der Waals surface area contributed by atoms with Crippen molar-refractivity contribution in [3.05, 3.63) is 0 Å². The largest absolute Gasteiger partial charge is 0.480 e. The van der Waals surface area contributed by atoms with Gasteiger partial charge in [0.25, 0.3) is 0 Å². The second-order valence-electron chi connectivity index (χ2n) is 3.87. The highest BCUT2D eigenvalue weighted by Gasteiger charge is 2.17. The van der Waals surface area contributed by atoms with Crippen LogP contribution in [-0.2, 0) is 23.9 Å². The molecule has 0 radical (unpaired) electrons. The van der Waals surface area contributed by atoms with Crippen molar-refractivity contribution in [2.75, 3.05) is 33.0 Å². The van der Waals surface area contributed by atoms with E-state index in [4.69, 9.17) is 14.6 Å². The fourth-order valence-electron chi connectivity index (χ4n) is 1.35. The Morgan fingerprint density at radius 3 is 2.55 bits per heavy atom. The predicted octanol–water partition coefficient (Wildman–Crippen LogP) is -0.865. The number of hydrogen-bond acceptors (Lipinski definition) is 5. The summed E-state index contributed by atoms with van der Waals surface area (Å²) in [7, 11) is 0. The molecule has 0 aliphatic carbocycles. The molecule has 0 aromatic rings. The predicted molar refractivity (Wildman–Crippen MR) is 70.2 cm³/mol. The molecule has 0 aromatic carbocycles. The average Bonchev–Trinajstić information content (AvgIpc) is 2.42. The Kier molecular flexibility index (Phi) is 11.3. The normalized spacial score (nSPS) is 11.7. The molecule has 0 saturated carbocycles. The van der Waals surface area contributed by atoms with Crippen molar-refractivity contribution in [3.8, 4) is 0 Å². The van der Waals surface area contributed by atoms with Crippen LogP contribution in [-0.4, -0.2) is 62.4 Å². The zero-order valence-electron chi connectivity index (χ0n) is 11.6. The van der Waals surface area contributed by atoms with E-state index in [1.165, 1.54) is 0 Å². The second kappa shape index (κ2) is 12.4. The van der Waals surface area contributed by atoms with Gasteiger partial charge in [0.1, 0.15) is 6.04 Å². The number of carboxylic acid groups (broad SMARTS) is 1. The molecule has 8 nitrogen and oxygen atoms in total. The van der Waals surface area contributed by atoms with E-state index in [0.717, 1.165) is 0 Å². The number of nitrogens with one attached hydrogen (secondary N) is 2. The van der Waals surface area contributed by atoms with E-state index >= 15 is 0 Å². The molecule has 8 heteroatoms. The van der Waals surface area contributed by atoms with Crippen LogP contribution < -0.4 is 10.6 Å². The van der Waals surface area contributed by atoms with Gasteiger partial charge in [0.05, 0.1) is 19.8 Å². The fourth-order valence-corrected chi connectivity index (χ4v) is 1.35. The van der Waals surface area contributed by atoms with Gasteiger partial charge < -0.3 is 25.2 Å². The molecular formula is C12H22N2O6. The van der Waals surface area contributed by atoms with Crippen molar-refractivity contribution in [2.24, 2.45) is 0 Å². The van der Waals surface area contributed by atoms with Crippen molar-refractivity contribution in [1.29, 1.82) is 0 Å². The lowest BCUT2D eigenvalue weighted by molar-refractivity contribution is -0.140. The van der Waals surface area contributed by atoms with Crippen molar-refractivity contribution in [2.45, 2.75) is 25.8 Å². The Morgan fingerprint density at radius 2 is 1.95 bits per heavy atom. The smallest absolute Gasteiger partial charge is 0.326 e. The number of carbonyl (C=O) groups is 3. The summed E-state index contributed by atoms with van der Waals surface area (Å²) in [6.07, 6.45) is 0.380. The number of amides is 2. The zero-order chi connectivity index (χ0) is 15.2. The SMILES string of the molecule is CCOCCOCCNC(=O)CCC(NC=O)C(=O)O. The van der Waals surface area contributed by atoms with E-state index in [-0.39, 0.29) is 18.7 Å². The molecule has 0 saturated heterocycles. The summed E-state index contributed by atoms with van der Waals surface area (Å²) in [6, 6.07) is -1.04. The fraction of sp³-hybridized carbons (Fsp3) is 0.750. The Labute approximate surface area is 117 Å². The monoisotopic (exact) mass is 290 g/mol. The first-order valence-corrected chi connectivity index (χ1v) is 6.46. The number of rotatable bonds is 13. The van der Waals surface area contributed by atoms with Crippen molar-refractivity contribution in [1.82, 2.24) is 10.6 Å². The molecule has 0 aliphatic heterocycles. The number of aliphatic carboxylic acids is 1. The van der Waals surface area contributed by atoms with E-state index in [9.17, 15) is 14.4 Å². The van der Waals surface area contributed by atoms with Crippen LogP contribution in [0.1, 0.15) is 19.8 Å². The van der Waals surface area contributed by atoms with Crippen LogP contribution in [0.25, 0.3) is 0 Å².